The van der Waals surface area contributed by atoms with Crippen molar-refractivity contribution in [3.05, 3.63) is 46.6 Å². The summed E-state index contributed by atoms with van der Waals surface area (Å²) in [5.41, 5.74) is 6.74. The molecule has 7 nitrogen and oxygen atoms in total. The molecule has 8 heteroatoms. The van der Waals surface area contributed by atoms with E-state index >= 15 is 0 Å². The predicted molar refractivity (Wildman–Crippen MR) is 82.5 cm³/mol. The minimum Gasteiger partial charge on any atom is -0.360 e. The molecule has 2 amide bonds. The Labute approximate surface area is 129 Å². The van der Waals surface area contributed by atoms with Gasteiger partial charge in [0.1, 0.15) is 4.88 Å². The van der Waals surface area contributed by atoms with Crippen LogP contribution in [0.1, 0.15) is 32.6 Å². The normalized spacial score (nSPS) is 10.6. The average Bonchev–Trinajstić information content (AvgIpc) is 3.18. The Morgan fingerprint density at radius 1 is 1.23 bits per heavy atom. The Morgan fingerprint density at radius 2 is 2.00 bits per heavy atom. The first-order valence-electron chi connectivity index (χ1n) is 6.68. The molecule has 0 spiro atoms. The number of H-pyrrole nitrogens is 1. The van der Waals surface area contributed by atoms with E-state index in [0.717, 1.165) is 22.4 Å². The van der Waals surface area contributed by atoms with E-state index in [2.05, 4.69) is 25.4 Å². The Kier molecular flexibility index (Phi) is 3.84. The van der Waals surface area contributed by atoms with Gasteiger partial charge in [0.2, 0.25) is 0 Å². The smallest absolute Gasteiger partial charge is 0.283 e. The summed E-state index contributed by atoms with van der Waals surface area (Å²) in [6, 6.07) is 7.44. The van der Waals surface area contributed by atoms with Gasteiger partial charge in [-0.15, -0.1) is 5.10 Å². The number of hydrogen-bond donors (Lipinski definition) is 3. The van der Waals surface area contributed by atoms with Crippen molar-refractivity contribution in [1.29, 1.82) is 0 Å². The number of aromatic amines is 1. The van der Waals surface area contributed by atoms with E-state index in [0.29, 0.717) is 22.6 Å². The van der Waals surface area contributed by atoms with Crippen LogP contribution in [0.15, 0.2) is 30.5 Å². The number of para-hydroxylation sites is 1. The number of carbonyl (C=O) groups is 2. The van der Waals surface area contributed by atoms with Crippen LogP contribution in [-0.2, 0) is 6.42 Å². The maximum Gasteiger partial charge on any atom is 0.283 e. The summed E-state index contributed by atoms with van der Waals surface area (Å²) >= 11 is 1.00. The summed E-state index contributed by atoms with van der Waals surface area (Å²) in [5, 5.41) is 4.66. The predicted octanol–water partition coefficient (Wildman–Crippen LogP) is 1.66. The van der Waals surface area contributed by atoms with E-state index in [1.54, 1.807) is 6.20 Å². The fourth-order valence-electron chi connectivity index (χ4n) is 2.11. The molecule has 3 rings (SSSR count). The first-order valence-corrected chi connectivity index (χ1v) is 7.46. The fraction of sp³-hybridized carbons (Fsp3) is 0.143. The summed E-state index contributed by atoms with van der Waals surface area (Å²) in [7, 11) is 0. The minimum atomic E-state index is -0.417. The molecule has 2 heterocycles. The van der Waals surface area contributed by atoms with Gasteiger partial charge in [-0.2, -0.15) is 0 Å². The molecule has 0 saturated heterocycles. The molecule has 22 heavy (non-hydrogen) atoms. The lowest BCUT2D eigenvalue weighted by molar-refractivity contribution is 0.0849. The average molecular weight is 315 g/mol. The molecule has 3 aromatic rings. The van der Waals surface area contributed by atoms with Crippen molar-refractivity contribution in [3.8, 4) is 0 Å². The highest BCUT2D eigenvalue weighted by Gasteiger charge is 2.17. The lowest BCUT2D eigenvalue weighted by Crippen LogP contribution is -2.41. The molecule has 0 unspecified atom stereocenters. The van der Waals surface area contributed by atoms with Gasteiger partial charge in [-0.05, 0) is 24.0 Å². The van der Waals surface area contributed by atoms with Gasteiger partial charge >= 0.3 is 0 Å². The quantitative estimate of drug-likeness (QED) is 0.640. The zero-order valence-corrected chi connectivity index (χ0v) is 12.5. The Balaban J connectivity index is 1.71. The third-order valence-electron chi connectivity index (χ3n) is 3.22. The fourth-order valence-corrected chi connectivity index (χ4v) is 2.75. The van der Waals surface area contributed by atoms with Crippen LogP contribution in [0.4, 0.5) is 0 Å². The van der Waals surface area contributed by atoms with Crippen molar-refractivity contribution in [3.63, 3.8) is 0 Å². The highest BCUT2D eigenvalue weighted by atomic mass is 32.1. The van der Waals surface area contributed by atoms with Crippen molar-refractivity contribution in [2.24, 2.45) is 0 Å². The van der Waals surface area contributed by atoms with Crippen LogP contribution >= 0.6 is 11.5 Å². The molecular formula is C14H13N5O2S. The number of aryl methyl sites for hydroxylation is 1. The number of fused-ring (bicyclic) bond motifs is 1. The monoisotopic (exact) mass is 315 g/mol. The van der Waals surface area contributed by atoms with Gasteiger partial charge in [-0.1, -0.05) is 29.6 Å². The minimum absolute atomic E-state index is 0.388. The topological polar surface area (TPSA) is 99.8 Å². The van der Waals surface area contributed by atoms with Crippen molar-refractivity contribution < 1.29 is 9.59 Å². The standard InChI is InChI=1S/C14H13N5O2S/c1-2-10-12(22-19-16-10)14(21)18-17-13(20)9-7-15-11-6-4-3-5-8(9)11/h3-7,15H,2H2,1H3,(H,17,20)(H,18,21). The highest BCUT2D eigenvalue weighted by molar-refractivity contribution is 7.08. The second-order valence-electron chi connectivity index (χ2n) is 4.56. The van der Waals surface area contributed by atoms with E-state index < -0.39 is 5.91 Å². The zero-order valence-electron chi connectivity index (χ0n) is 11.7. The third kappa shape index (κ3) is 2.56. The van der Waals surface area contributed by atoms with Gasteiger partial charge in [-0.25, -0.2) is 0 Å². The lowest BCUT2D eigenvalue weighted by atomic mass is 10.2. The first kappa shape index (κ1) is 14.2. The van der Waals surface area contributed by atoms with Crippen LogP contribution in [0.5, 0.6) is 0 Å². The number of amides is 2. The highest BCUT2D eigenvalue weighted by Crippen LogP contribution is 2.17. The van der Waals surface area contributed by atoms with Crippen LogP contribution < -0.4 is 10.9 Å². The molecule has 0 aliphatic rings. The summed E-state index contributed by atoms with van der Waals surface area (Å²) in [5.74, 6) is -0.804. The van der Waals surface area contributed by atoms with Gasteiger partial charge in [0.05, 0.1) is 11.3 Å². The molecule has 2 aromatic heterocycles. The summed E-state index contributed by atoms with van der Waals surface area (Å²) in [6.45, 7) is 1.89. The van der Waals surface area contributed by atoms with Gasteiger partial charge in [-0.3, -0.25) is 20.4 Å². The van der Waals surface area contributed by atoms with Gasteiger partial charge in [0.15, 0.2) is 0 Å². The number of nitrogens with zero attached hydrogens (tertiary/aromatic N) is 2. The summed E-state index contributed by atoms with van der Waals surface area (Å²) in [6.07, 6.45) is 2.22. The number of rotatable bonds is 3. The molecule has 0 aliphatic heterocycles. The molecule has 0 radical (unpaired) electrons. The SMILES string of the molecule is CCc1nnsc1C(=O)NNC(=O)c1c[nH]c2ccccc12. The Hall–Kier alpha value is -2.74. The van der Waals surface area contributed by atoms with Gasteiger partial charge in [0.25, 0.3) is 11.8 Å². The largest absolute Gasteiger partial charge is 0.360 e. The summed E-state index contributed by atoms with van der Waals surface area (Å²) < 4.78 is 3.75. The number of nitrogens with one attached hydrogen (secondary N) is 3. The van der Waals surface area contributed by atoms with Gasteiger partial charge in [0, 0.05) is 17.1 Å². The zero-order chi connectivity index (χ0) is 15.5. The number of hydrazine groups is 1. The van der Waals surface area contributed by atoms with Crippen molar-refractivity contribution in [2.45, 2.75) is 13.3 Å². The molecule has 0 fully saturated rings. The van der Waals surface area contributed by atoms with Crippen molar-refractivity contribution in [2.75, 3.05) is 0 Å². The van der Waals surface area contributed by atoms with Gasteiger partial charge < -0.3 is 4.98 Å². The van der Waals surface area contributed by atoms with Crippen molar-refractivity contribution in [1.82, 2.24) is 25.4 Å². The van der Waals surface area contributed by atoms with Crippen molar-refractivity contribution >= 4 is 34.2 Å². The number of hydrogen-bond acceptors (Lipinski definition) is 5. The summed E-state index contributed by atoms with van der Waals surface area (Å²) in [4.78, 5) is 27.6. The van der Waals surface area contributed by atoms with Crippen LogP contribution in [0.25, 0.3) is 10.9 Å². The van der Waals surface area contributed by atoms with E-state index in [-0.39, 0.29) is 5.91 Å². The molecule has 1 aromatic carbocycles. The number of aromatic nitrogens is 3. The molecular weight excluding hydrogens is 302 g/mol. The maximum atomic E-state index is 12.2. The maximum absolute atomic E-state index is 12.2. The second-order valence-corrected chi connectivity index (χ2v) is 5.31. The second kappa shape index (κ2) is 5.94. The number of benzene rings is 1. The first-order chi connectivity index (χ1) is 10.7. The van der Waals surface area contributed by atoms with Crippen LogP contribution in [0, 0.1) is 0 Å². The molecule has 0 atom stereocenters. The third-order valence-corrected chi connectivity index (χ3v) is 3.99. The van der Waals surface area contributed by atoms with E-state index in [1.807, 2.05) is 31.2 Å². The lowest BCUT2D eigenvalue weighted by Gasteiger charge is -2.05. The van der Waals surface area contributed by atoms with Crippen LogP contribution in [-0.4, -0.2) is 26.4 Å². The molecule has 0 aliphatic carbocycles. The van der Waals surface area contributed by atoms with E-state index in [4.69, 9.17) is 0 Å². The molecule has 0 bridgehead atoms. The number of carbonyl (C=O) groups excluding carboxylic acids is 2. The van der Waals surface area contributed by atoms with Crippen LogP contribution in [0.2, 0.25) is 0 Å². The molecule has 3 N–H and O–H groups in total. The molecule has 112 valence electrons. The van der Waals surface area contributed by atoms with E-state index in [9.17, 15) is 9.59 Å². The Morgan fingerprint density at radius 3 is 2.82 bits per heavy atom. The van der Waals surface area contributed by atoms with E-state index in [1.165, 1.54) is 0 Å². The van der Waals surface area contributed by atoms with Crippen LogP contribution in [0.3, 0.4) is 0 Å². The molecule has 0 saturated carbocycles. The Bertz CT molecular complexity index is 839.